The number of carbonyl (C=O) groups is 1. The van der Waals surface area contributed by atoms with Gasteiger partial charge >= 0.3 is 0 Å². The predicted molar refractivity (Wildman–Crippen MR) is 78.8 cm³/mol. The number of hydrogen-bond donors (Lipinski definition) is 0. The highest BCUT2D eigenvalue weighted by molar-refractivity contribution is 5.99. The fraction of sp³-hybridized carbons (Fsp3) is 0.474. The minimum absolute atomic E-state index is 0.152. The number of rotatable bonds is 1. The van der Waals surface area contributed by atoms with E-state index in [1.54, 1.807) is 12.5 Å². The monoisotopic (exact) mass is 305 g/mol. The number of furan rings is 1. The Morgan fingerprint density at radius 1 is 1.35 bits per heavy atom. The lowest BCUT2D eigenvalue weighted by molar-refractivity contribution is -0.128. The molecule has 5 atom stereocenters. The van der Waals surface area contributed by atoms with E-state index in [9.17, 15) is 10.1 Å². The second-order valence-corrected chi connectivity index (χ2v) is 7.66. The summed E-state index contributed by atoms with van der Waals surface area (Å²) in [6.07, 6.45) is 9.98. The highest BCUT2D eigenvalue weighted by atomic mass is 16.5. The van der Waals surface area contributed by atoms with Gasteiger partial charge in [0, 0.05) is 22.8 Å². The van der Waals surface area contributed by atoms with Crippen molar-refractivity contribution >= 4 is 5.78 Å². The molecule has 1 aromatic rings. The van der Waals surface area contributed by atoms with Gasteiger partial charge in [0.1, 0.15) is 11.5 Å². The topological polar surface area (TPSA) is 63.2 Å². The predicted octanol–water partition coefficient (Wildman–Crippen LogP) is 3.10. The van der Waals surface area contributed by atoms with Crippen LogP contribution in [0.15, 0.2) is 46.3 Å². The molecule has 114 valence electrons. The summed E-state index contributed by atoms with van der Waals surface area (Å²) < 4.78 is 11.3. The van der Waals surface area contributed by atoms with Gasteiger partial charge in [0.05, 0.1) is 25.2 Å². The van der Waals surface area contributed by atoms with Crippen LogP contribution in [0.1, 0.15) is 30.9 Å². The van der Waals surface area contributed by atoms with Crippen molar-refractivity contribution in [3.63, 3.8) is 0 Å². The molecule has 1 aliphatic heterocycles. The van der Waals surface area contributed by atoms with Crippen molar-refractivity contribution < 1.29 is 13.9 Å². The molecule has 0 unspecified atom stereocenters. The zero-order valence-corrected chi connectivity index (χ0v) is 12.5. The number of nitrogens with zero attached hydrogens (tertiary/aromatic N) is 1. The van der Waals surface area contributed by atoms with Gasteiger partial charge in [-0.25, -0.2) is 0 Å². The van der Waals surface area contributed by atoms with E-state index in [0.717, 1.165) is 18.4 Å². The Bertz CT molecular complexity index is 873. The number of fused-ring (bicyclic) bond motifs is 1. The molecule has 4 fully saturated rings. The number of ketones is 1. The fourth-order valence-corrected chi connectivity index (χ4v) is 6.61. The summed E-state index contributed by atoms with van der Waals surface area (Å²) in [5, 5.41) is 10.0. The number of carbonyl (C=O) groups excluding carboxylic acids is 1. The lowest BCUT2D eigenvalue weighted by Gasteiger charge is -2.32. The minimum Gasteiger partial charge on any atom is -0.472 e. The van der Waals surface area contributed by atoms with Crippen molar-refractivity contribution in [3.05, 3.63) is 47.5 Å². The molecule has 4 bridgehead atoms. The molecule has 23 heavy (non-hydrogen) atoms. The molecule has 0 aromatic carbocycles. The third-order valence-corrected chi connectivity index (χ3v) is 7.16. The average Bonchev–Trinajstić information content (AvgIpc) is 3.07. The summed E-state index contributed by atoms with van der Waals surface area (Å²) in [7, 11) is 0. The molecular weight excluding hydrogens is 290 g/mol. The molecule has 0 N–H and O–H groups in total. The number of ether oxygens (including phenoxy) is 1. The largest absolute Gasteiger partial charge is 0.472 e. The minimum atomic E-state index is -0.849. The van der Waals surface area contributed by atoms with Gasteiger partial charge in [-0.15, -0.1) is 0 Å². The molecule has 0 amide bonds. The van der Waals surface area contributed by atoms with Crippen LogP contribution in [0.5, 0.6) is 0 Å². The summed E-state index contributed by atoms with van der Waals surface area (Å²) in [4.78, 5) is 12.8. The maximum absolute atomic E-state index is 12.8. The molecule has 7 rings (SSSR count). The van der Waals surface area contributed by atoms with Gasteiger partial charge < -0.3 is 9.15 Å². The van der Waals surface area contributed by atoms with Crippen molar-refractivity contribution in [1.82, 2.24) is 0 Å². The second-order valence-electron chi connectivity index (χ2n) is 7.66. The Morgan fingerprint density at radius 2 is 2.26 bits per heavy atom. The smallest absolute Gasteiger partial charge is 0.155 e. The molecule has 0 saturated heterocycles. The molecule has 4 nitrogen and oxygen atoms in total. The SMILES string of the molecule is N#C[C@]12C(=O)C[C@H]3C[C@@]14C=CC1=C([C@@H](c5ccoc5)OC1)[C@]42C3. The quantitative estimate of drug-likeness (QED) is 0.800. The summed E-state index contributed by atoms with van der Waals surface area (Å²) in [5.41, 5.74) is 1.90. The first-order chi connectivity index (χ1) is 11.2. The van der Waals surface area contributed by atoms with Crippen LogP contribution < -0.4 is 0 Å². The number of Topliss-reactive ketones (excluding diaryl/α,β-unsaturated/α-hetero) is 1. The van der Waals surface area contributed by atoms with Crippen LogP contribution in [0.2, 0.25) is 0 Å². The van der Waals surface area contributed by atoms with E-state index in [1.807, 2.05) is 6.07 Å². The van der Waals surface area contributed by atoms with Crippen LogP contribution in [0.4, 0.5) is 0 Å². The van der Waals surface area contributed by atoms with E-state index in [2.05, 4.69) is 18.2 Å². The van der Waals surface area contributed by atoms with Crippen molar-refractivity contribution in [2.24, 2.45) is 22.2 Å². The number of hydrogen-bond acceptors (Lipinski definition) is 4. The fourth-order valence-electron chi connectivity index (χ4n) is 6.61. The summed E-state index contributed by atoms with van der Waals surface area (Å²) in [5.74, 6) is 0.568. The van der Waals surface area contributed by atoms with Gasteiger partial charge in [0.2, 0.25) is 0 Å². The van der Waals surface area contributed by atoms with Crippen LogP contribution in [-0.4, -0.2) is 12.4 Å². The van der Waals surface area contributed by atoms with Crippen molar-refractivity contribution in [2.45, 2.75) is 25.4 Å². The lowest BCUT2D eigenvalue weighted by atomic mass is 9.68. The summed E-state index contributed by atoms with van der Waals surface area (Å²) >= 11 is 0. The first kappa shape index (κ1) is 12.3. The van der Waals surface area contributed by atoms with Crippen molar-refractivity contribution in [3.8, 4) is 6.07 Å². The number of allylic oxidation sites excluding steroid dienone is 1. The van der Waals surface area contributed by atoms with Crippen LogP contribution in [-0.2, 0) is 9.53 Å². The molecule has 2 spiro atoms. The Kier molecular flexibility index (Phi) is 1.80. The van der Waals surface area contributed by atoms with Crippen molar-refractivity contribution in [2.75, 3.05) is 6.61 Å². The average molecular weight is 305 g/mol. The molecule has 2 heterocycles. The normalized spacial score (nSPS) is 48.2. The molecule has 1 aromatic heterocycles. The van der Waals surface area contributed by atoms with E-state index in [1.165, 1.54) is 11.1 Å². The maximum Gasteiger partial charge on any atom is 0.155 e. The highest BCUT2D eigenvalue weighted by Crippen LogP contribution is 2.94. The first-order valence-corrected chi connectivity index (χ1v) is 8.21. The van der Waals surface area contributed by atoms with Gasteiger partial charge in [-0.3, -0.25) is 4.79 Å². The summed E-state index contributed by atoms with van der Waals surface area (Å²) in [6, 6.07) is 4.40. The van der Waals surface area contributed by atoms with Gasteiger partial charge in [-0.1, -0.05) is 12.2 Å². The second kappa shape index (κ2) is 3.37. The molecule has 5 aliphatic carbocycles. The summed E-state index contributed by atoms with van der Waals surface area (Å²) in [6.45, 7) is 0.555. The Morgan fingerprint density at radius 3 is 3.04 bits per heavy atom. The van der Waals surface area contributed by atoms with Gasteiger partial charge in [0.25, 0.3) is 0 Å². The third kappa shape index (κ3) is 0.948. The lowest BCUT2D eigenvalue weighted by Crippen LogP contribution is -2.36. The van der Waals surface area contributed by atoms with Crippen LogP contribution >= 0.6 is 0 Å². The molecule has 4 heteroatoms. The third-order valence-electron chi connectivity index (χ3n) is 7.16. The number of nitriles is 1. The molecule has 4 saturated carbocycles. The van der Waals surface area contributed by atoms with Crippen LogP contribution in [0.25, 0.3) is 0 Å². The molecular formula is C19H15NO3. The standard InChI is InChI=1S/C19H15NO3/c20-10-19-14(21)5-11-6-17(19)3-1-12-9-23-16(13-2-4-22-8-13)15(12)18(17,19)7-11/h1-4,8,11,16H,5-7,9H2/t11-,16+,17+,18+,19-/m0/s1. The Labute approximate surface area is 133 Å². The van der Waals surface area contributed by atoms with Crippen molar-refractivity contribution in [1.29, 1.82) is 5.26 Å². The van der Waals surface area contributed by atoms with Crippen LogP contribution in [0.3, 0.4) is 0 Å². The Balaban J connectivity index is 1.62. The van der Waals surface area contributed by atoms with Gasteiger partial charge in [0.15, 0.2) is 5.78 Å². The first-order valence-electron chi connectivity index (χ1n) is 8.21. The molecule has 0 radical (unpaired) electrons. The van der Waals surface area contributed by atoms with E-state index in [4.69, 9.17) is 9.15 Å². The van der Waals surface area contributed by atoms with E-state index < -0.39 is 5.41 Å². The van der Waals surface area contributed by atoms with E-state index >= 15 is 0 Å². The van der Waals surface area contributed by atoms with E-state index in [0.29, 0.717) is 18.9 Å². The van der Waals surface area contributed by atoms with Crippen LogP contribution in [0, 0.1) is 33.5 Å². The Hall–Kier alpha value is -2.12. The van der Waals surface area contributed by atoms with E-state index in [-0.39, 0.29) is 22.7 Å². The zero-order chi connectivity index (χ0) is 15.4. The maximum atomic E-state index is 12.8. The highest BCUT2D eigenvalue weighted by Gasteiger charge is 2.96. The van der Waals surface area contributed by atoms with Gasteiger partial charge in [-0.2, -0.15) is 5.26 Å². The zero-order valence-electron chi connectivity index (χ0n) is 12.5. The molecule has 6 aliphatic rings. The van der Waals surface area contributed by atoms with Gasteiger partial charge in [-0.05, 0) is 36.0 Å².